The Labute approximate surface area is 121 Å². The lowest BCUT2D eigenvalue weighted by molar-refractivity contribution is -0.120. The lowest BCUT2D eigenvalue weighted by Gasteiger charge is -2.10. The molecule has 4 N–H and O–H groups in total. The first-order valence-corrected chi connectivity index (χ1v) is 6.39. The summed E-state index contributed by atoms with van der Waals surface area (Å²) in [5.74, 6) is -0.785. The average Bonchev–Trinajstić information content (AvgIpc) is 2.29. The molecule has 0 fully saturated rings. The summed E-state index contributed by atoms with van der Waals surface area (Å²) in [5, 5.41) is 5.40. The fourth-order valence-corrected chi connectivity index (χ4v) is 1.83. The zero-order valence-corrected chi connectivity index (χ0v) is 12.1. The number of carbonyl (C=O) groups is 2. The Hall–Kier alpha value is -1.46. The minimum absolute atomic E-state index is 0.00908. The third-order valence-electron chi connectivity index (χ3n) is 2.15. The molecule has 0 bridgehead atoms. The molecule has 1 aromatic rings. The first kappa shape index (κ1) is 15.6. The maximum atomic E-state index is 11.9. The zero-order valence-electron chi connectivity index (χ0n) is 10.6. The summed E-state index contributed by atoms with van der Waals surface area (Å²) in [6.07, 6.45) is 0. The largest absolute Gasteiger partial charge is 0.399 e. The van der Waals surface area contributed by atoms with Gasteiger partial charge in [0.05, 0.1) is 22.2 Å². The predicted octanol–water partition coefficient (Wildman–Crippen LogP) is 1.83. The molecule has 0 spiro atoms. The fraction of sp³-hybridized carbons (Fsp3) is 0.333. The van der Waals surface area contributed by atoms with Gasteiger partial charge in [0.25, 0.3) is 5.91 Å². The summed E-state index contributed by atoms with van der Waals surface area (Å²) in [6, 6.07) is 2.87. The van der Waals surface area contributed by atoms with Crippen LogP contribution in [0.5, 0.6) is 0 Å². The highest BCUT2D eigenvalue weighted by Gasteiger charge is 2.15. The molecular weight excluding hydrogens is 289 g/mol. The summed E-state index contributed by atoms with van der Waals surface area (Å²) in [5.41, 5.74) is 6.05. The molecule has 0 saturated heterocycles. The number of nitrogens with one attached hydrogen (secondary N) is 2. The minimum Gasteiger partial charge on any atom is -0.399 e. The summed E-state index contributed by atoms with van der Waals surface area (Å²) in [4.78, 5) is 23.3. The van der Waals surface area contributed by atoms with Crippen molar-refractivity contribution in [3.8, 4) is 0 Å². The Morgan fingerprint density at radius 1 is 1.32 bits per heavy atom. The van der Waals surface area contributed by atoms with Gasteiger partial charge in [0, 0.05) is 11.7 Å². The van der Waals surface area contributed by atoms with Crippen molar-refractivity contribution in [3.05, 3.63) is 27.7 Å². The fourth-order valence-electron chi connectivity index (χ4n) is 1.40. The number of benzene rings is 1. The highest BCUT2D eigenvalue weighted by atomic mass is 35.5. The zero-order chi connectivity index (χ0) is 14.6. The number of hydrogen-bond donors (Lipinski definition) is 3. The van der Waals surface area contributed by atoms with E-state index in [9.17, 15) is 9.59 Å². The molecule has 0 heterocycles. The summed E-state index contributed by atoms with van der Waals surface area (Å²) in [7, 11) is 0. The monoisotopic (exact) mass is 303 g/mol. The van der Waals surface area contributed by atoms with Gasteiger partial charge in [-0.15, -0.1) is 0 Å². The van der Waals surface area contributed by atoms with Crippen LogP contribution in [-0.2, 0) is 4.79 Å². The average molecular weight is 304 g/mol. The molecule has 104 valence electrons. The lowest BCUT2D eigenvalue weighted by Crippen LogP contribution is -2.39. The quantitative estimate of drug-likeness (QED) is 0.742. The number of nitrogens with two attached hydrogens (primary N) is 1. The van der Waals surface area contributed by atoms with Gasteiger partial charge in [-0.25, -0.2) is 0 Å². The second kappa shape index (κ2) is 6.63. The van der Waals surface area contributed by atoms with Crippen molar-refractivity contribution in [2.24, 2.45) is 0 Å². The smallest absolute Gasteiger partial charge is 0.253 e. The van der Waals surface area contributed by atoms with Crippen molar-refractivity contribution in [1.29, 1.82) is 0 Å². The molecule has 0 unspecified atom stereocenters. The third-order valence-corrected chi connectivity index (χ3v) is 2.96. The molecule has 0 radical (unpaired) electrons. The van der Waals surface area contributed by atoms with E-state index in [1.165, 1.54) is 12.1 Å². The summed E-state index contributed by atoms with van der Waals surface area (Å²) >= 11 is 11.7. The molecule has 2 amide bonds. The third kappa shape index (κ3) is 4.61. The molecule has 0 aromatic heterocycles. The van der Waals surface area contributed by atoms with E-state index in [1.54, 1.807) is 0 Å². The molecule has 0 aliphatic rings. The highest BCUT2D eigenvalue weighted by Crippen LogP contribution is 2.28. The minimum atomic E-state index is -0.502. The predicted molar refractivity (Wildman–Crippen MR) is 76.5 cm³/mol. The number of amides is 2. The topological polar surface area (TPSA) is 84.2 Å². The van der Waals surface area contributed by atoms with E-state index in [1.807, 2.05) is 13.8 Å². The normalized spacial score (nSPS) is 10.4. The molecule has 1 aromatic carbocycles. The second-order valence-corrected chi connectivity index (χ2v) is 5.05. The van der Waals surface area contributed by atoms with Crippen molar-refractivity contribution >= 4 is 40.7 Å². The van der Waals surface area contributed by atoms with Crippen molar-refractivity contribution in [1.82, 2.24) is 10.6 Å². The van der Waals surface area contributed by atoms with Gasteiger partial charge < -0.3 is 16.4 Å². The van der Waals surface area contributed by atoms with Gasteiger partial charge >= 0.3 is 0 Å². The Morgan fingerprint density at radius 3 is 2.53 bits per heavy atom. The molecular formula is C12H15Cl2N3O2. The molecule has 7 heteroatoms. The summed E-state index contributed by atoms with van der Waals surface area (Å²) < 4.78 is 0. The molecule has 1 rings (SSSR count). The number of halogens is 2. The Morgan fingerprint density at radius 2 is 1.95 bits per heavy atom. The van der Waals surface area contributed by atoms with Crippen LogP contribution in [0.2, 0.25) is 10.0 Å². The van der Waals surface area contributed by atoms with Crippen molar-refractivity contribution in [3.63, 3.8) is 0 Å². The molecule has 0 atom stereocenters. The van der Waals surface area contributed by atoms with Crippen LogP contribution in [0.25, 0.3) is 0 Å². The van der Waals surface area contributed by atoms with Gasteiger partial charge in [0.15, 0.2) is 0 Å². The van der Waals surface area contributed by atoms with Gasteiger partial charge in [0.1, 0.15) is 0 Å². The van der Waals surface area contributed by atoms with Gasteiger partial charge in [-0.1, -0.05) is 23.2 Å². The van der Waals surface area contributed by atoms with E-state index in [0.29, 0.717) is 5.69 Å². The van der Waals surface area contributed by atoms with E-state index < -0.39 is 5.91 Å². The van der Waals surface area contributed by atoms with Gasteiger partial charge in [-0.05, 0) is 26.0 Å². The van der Waals surface area contributed by atoms with Crippen LogP contribution in [0, 0.1) is 0 Å². The maximum absolute atomic E-state index is 11.9. The molecule has 0 aliphatic heterocycles. The number of carbonyl (C=O) groups excluding carboxylic acids is 2. The molecule has 0 aliphatic carbocycles. The van der Waals surface area contributed by atoms with E-state index in [0.717, 1.165) is 0 Å². The van der Waals surface area contributed by atoms with Crippen LogP contribution in [0.3, 0.4) is 0 Å². The number of hydrogen-bond acceptors (Lipinski definition) is 3. The number of anilines is 1. The van der Waals surface area contributed by atoms with E-state index in [4.69, 9.17) is 28.9 Å². The van der Waals surface area contributed by atoms with Crippen LogP contribution in [-0.4, -0.2) is 24.4 Å². The van der Waals surface area contributed by atoms with Gasteiger partial charge in [-0.3, -0.25) is 9.59 Å². The maximum Gasteiger partial charge on any atom is 0.253 e. The van der Waals surface area contributed by atoms with E-state index in [2.05, 4.69) is 10.6 Å². The molecule has 5 nitrogen and oxygen atoms in total. The highest BCUT2D eigenvalue weighted by molar-refractivity contribution is 6.44. The SMILES string of the molecule is CC(C)NC(=O)CNC(=O)c1cc(N)cc(Cl)c1Cl. The Bertz CT molecular complexity index is 504. The Kier molecular flexibility index (Phi) is 5.44. The first-order chi connectivity index (χ1) is 8.81. The standard InChI is InChI=1S/C12H15Cl2N3O2/c1-6(2)17-10(18)5-16-12(19)8-3-7(15)4-9(13)11(8)14/h3-4,6H,5,15H2,1-2H3,(H,16,19)(H,17,18). The molecule has 0 saturated carbocycles. The number of rotatable bonds is 4. The van der Waals surface area contributed by atoms with E-state index in [-0.39, 0.29) is 34.1 Å². The second-order valence-electron chi connectivity index (χ2n) is 4.27. The van der Waals surface area contributed by atoms with Crippen LogP contribution in [0.15, 0.2) is 12.1 Å². The first-order valence-electron chi connectivity index (χ1n) is 5.63. The van der Waals surface area contributed by atoms with Crippen molar-refractivity contribution in [2.45, 2.75) is 19.9 Å². The Balaban J connectivity index is 2.72. The van der Waals surface area contributed by atoms with Crippen LogP contribution in [0.4, 0.5) is 5.69 Å². The van der Waals surface area contributed by atoms with Gasteiger partial charge in [-0.2, -0.15) is 0 Å². The van der Waals surface area contributed by atoms with Gasteiger partial charge in [0.2, 0.25) is 5.91 Å². The summed E-state index contributed by atoms with van der Waals surface area (Å²) in [6.45, 7) is 3.52. The van der Waals surface area contributed by atoms with E-state index >= 15 is 0 Å². The van der Waals surface area contributed by atoms with Crippen LogP contribution >= 0.6 is 23.2 Å². The molecule has 19 heavy (non-hydrogen) atoms. The lowest BCUT2D eigenvalue weighted by atomic mass is 10.2. The van der Waals surface area contributed by atoms with Crippen LogP contribution < -0.4 is 16.4 Å². The van der Waals surface area contributed by atoms with Crippen molar-refractivity contribution in [2.75, 3.05) is 12.3 Å². The van der Waals surface area contributed by atoms with Crippen LogP contribution in [0.1, 0.15) is 24.2 Å². The van der Waals surface area contributed by atoms with Crippen molar-refractivity contribution < 1.29 is 9.59 Å². The number of nitrogen functional groups attached to an aromatic ring is 1.